The lowest BCUT2D eigenvalue weighted by Crippen LogP contribution is -2.49. The van der Waals surface area contributed by atoms with E-state index in [1.54, 1.807) is 0 Å². The van der Waals surface area contributed by atoms with Gasteiger partial charge >= 0.3 is 17.9 Å². The zero-order chi connectivity index (χ0) is 19.8. The number of ether oxygens (including phenoxy) is 4. The summed E-state index contributed by atoms with van der Waals surface area (Å²) in [6.07, 6.45) is 2.38. The van der Waals surface area contributed by atoms with Crippen LogP contribution < -0.4 is 0 Å². The summed E-state index contributed by atoms with van der Waals surface area (Å²) in [7, 11) is 0. The van der Waals surface area contributed by atoms with Crippen LogP contribution >= 0.6 is 0 Å². The van der Waals surface area contributed by atoms with E-state index in [0.717, 1.165) is 19.3 Å². The molecule has 4 aliphatic rings. The molecule has 4 rings (SSSR count). The molecule has 27 heavy (non-hydrogen) atoms. The van der Waals surface area contributed by atoms with Crippen LogP contribution in [0.25, 0.3) is 0 Å². The van der Waals surface area contributed by atoms with Crippen LogP contribution in [0.2, 0.25) is 0 Å². The topological polar surface area (TPSA) is 88.1 Å². The maximum Gasteiger partial charge on any atom is 0.349 e. The molecule has 0 spiro atoms. The van der Waals surface area contributed by atoms with Crippen LogP contribution in [-0.2, 0) is 33.3 Å². The fourth-order valence-electron chi connectivity index (χ4n) is 4.52. The Bertz CT molecular complexity index is 642. The van der Waals surface area contributed by atoms with E-state index in [4.69, 9.17) is 18.9 Å². The summed E-state index contributed by atoms with van der Waals surface area (Å²) in [6.45, 7) is 8.32. The van der Waals surface area contributed by atoms with Crippen molar-refractivity contribution in [3.63, 3.8) is 0 Å². The van der Waals surface area contributed by atoms with Crippen LogP contribution in [0.15, 0.2) is 12.2 Å². The fraction of sp³-hybridized carbons (Fsp3) is 0.750. The second-order valence-corrected chi connectivity index (χ2v) is 8.11. The first-order valence-corrected chi connectivity index (χ1v) is 9.66. The lowest BCUT2D eigenvalue weighted by atomic mass is 9.65. The van der Waals surface area contributed by atoms with Gasteiger partial charge in [0.1, 0.15) is 6.10 Å². The monoisotopic (exact) mass is 380 g/mol. The number of carbonyl (C=O) groups excluding carboxylic acids is 3. The third-order valence-electron chi connectivity index (χ3n) is 5.64. The third-order valence-corrected chi connectivity index (χ3v) is 5.64. The average molecular weight is 380 g/mol. The quantitative estimate of drug-likeness (QED) is 0.290. The van der Waals surface area contributed by atoms with Gasteiger partial charge in [-0.05, 0) is 45.4 Å². The van der Waals surface area contributed by atoms with Crippen molar-refractivity contribution in [2.24, 2.45) is 11.8 Å². The molecule has 0 aromatic carbocycles. The van der Waals surface area contributed by atoms with Gasteiger partial charge in [-0.3, -0.25) is 4.79 Å². The van der Waals surface area contributed by atoms with Crippen molar-refractivity contribution < 1.29 is 33.3 Å². The average Bonchev–Trinajstić information content (AvgIpc) is 2.75. The molecule has 2 aliphatic carbocycles. The highest BCUT2D eigenvalue weighted by atomic mass is 16.7. The molecule has 0 amide bonds. The van der Waals surface area contributed by atoms with E-state index in [2.05, 4.69) is 6.58 Å². The summed E-state index contributed by atoms with van der Waals surface area (Å²) in [6, 6.07) is 0. The normalized spacial score (nSPS) is 33.6. The smallest absolute Gasteiger partial charge is 0.349 e. The second-order valence-electron chi connectivity index (χ2n) is 8.11. The van der Waals surface area contributed by atoms with Gasteiger partial charge in [0.25, 0.3) is 0 Å². The maximum atomic E-state index is 12.3. The van der Waals surface area contributed by atoms with Crippen molar-refractivity contribution in [1.82, 2.24) is 0 Å². The number of fused-ring (bicyclic) bond motifs is 1. The summed E-state index contributed by atoms with van der Waals surface area (Å²) in [5, 5.41) is 0. The van der Waals surface area contributed by atoms with E-state index in [0.29, 0.717) is 25.2 Å². The molecule has 2 heterocycles. The summed E-state index contributed by atoms with van der Waals surface area (Å²) in [5.41, 5.74) is -0.284. The van der Waals surface area contributed by atoms with Gasteiger partial charge in [-0.15, -0.1) is 0 Å². The van der Waals surface area contributed by atoms with E-state index in [1.165, 1.54) is 13.8 Å². The van der Waals surface area contributed by atoms with Crippen molar-refractivity contribution >= 4 is 17.9 Å². The highest BCUT2D eigenvalue weighted by molar-refractivity contribution is 5.89. The molecule has 0 N–H and O–H groups in total. The molecule has 4 fully saturated rings. The first-order chi connectivity index (χ1) is 12.7. The molecule has 2 saturated carbocycles. The van der Waals surface area contributed by atoms with Crippen molar-refractivity contribution in [3.8, 4) is 0 Å². The van der Waals surface area contributed by atoms with Crippen molar-refractivity contribution in [3.05, 3.63) is 12.2 Å². The standard InChI is InChI=1S/C20H28O7/c1-5-16(26-18(22)12(4)24-17(21)11(2)3)27-20-8-13-6-14(9-20)19(23)25-15(7-13)10-20/h12-16H,2,5-10H2,1,3-4H3. The largest absolute Gasteiger partial charge is 0.462 e. The molecule has 0 aromatic heterocycles. The van der Waals surface area contributed by atoms with E-state index < -0.39 is 29.9 Å². The summed E-state index contributed by atoms with van der Waals surface area (Å²) < 4.78 is 22.3. The second kappa shape index (κ2) is 7.62. The number of rotatable bonds is 7. The van der Waals surface area contributed by atoms with Crippen molar-refractivity contribution in [2.75, 3.05) is 0 Å². The van der Waals surface area contributed by atoms with Gasteiger partial charge in [0.05, 0.1) is 11.5 Å². The van der Waals surface area contributed by atoms with Crippen LogP contribution in [0.5, 0.6) is 0 Å². The van der Waals surface area contributed by atoms with Gasteiger partial charge < -0.3 is 18.9 Å². The number of carbonyl (C=O) groups is 3. The fourth-order valence-corrected chi connectivity index (χ4v) is 4.52. The molecule has 0 aromatic rings. The van der Waals surface area contributed by atoms with Crippen molar-refractivity contribution in [2.45, 2.75) is 83.4 Å². The molecule has 4 bridgehead atoms. The Labute approximate surface area is 159 Å². The molecule has 2 saturated heterocycles. The molecule has 6 atom stereocenters. The maximum absolute atomic E-state index is 12.3. The Kier molecular flexibility index (Phi) is 5.60. The van der Waals surface area contributed by atoms with Gasteiger partial charge in [-0.1, -0.05) is 13.5 Å². The van der Waals surface area contributed by atoms with Crippen molar-refractivity contribution in [1.29, 1.82) is 0 Å². The highest BCUT2D eigenvalue weighted by Crippen LogP contribution is 2.51. The molecular weight excluding hydrogens is 352 g/mol. The Morgan fingerprint density at radius 1 is 1.26 bits per heavy atom. The van der Waals surface area contributed by atoms with Crippen LogP contribution in [-0.4, -0.2) is 42.0 Å². The summed E-state index contributed by atoms with van der Waals surface area (Å²) >= 11 is 0. The number of hydrogen-bond acceptors (Lipinski definition) is 7. The third kappa shape index (κ3) is 4.34. The first kappa shape index (κ1) is 19.9. The minimum absolute atomic E-state index is 0.118. The Morgan fingerprint density at radius 3 is 2.67 bits per heavy atom. The van der Waals surface area contributed by atoms with E-state index >= 15 is 0 Å². The van der Waals surface area contributed by atoms with Gasteiger partial charge in [-0.25, -0.2) is 9.59 Å². The Morgan fingerprint density at radius 2 is 2.00 bits per heavy atom. The molecule has 7 heteroatoms. The summed E-state index contributed by atoms with van der Waals surface area (Å²) in [4.78, 5) is 36.0. The predicted octanol–water partition coefficient (Wildman–Crippen LogP) is 2.66. The minimum Gasteiger partial charge on any atom is -0.462 e. The number of hydrogen-bond donors (Lipinski definition) is 0. The van der Waals surface area contributed by atoms with E-state index in [9.17, 15) is 14.4 Å². The Hall–Kier alpha value is -1.89. The number of esters is 3. The van der Waals surface area contributed by atoms with E-state index in [1.807, 2.05) is 6.92 Å². The van der Waals surface area contributed by atoms with Crippen LogP contribution in [0.1, 0.15) is 59.3 Å². The molecule has 2 aliphatic heterocycles. The molecule has 6 unspecified atom stereocenters. The zero-order valence-electron chi connectivity index (χ0n) is 16.2. The lowest BCUT2D eigenvalue weighted by Gasteiger charge is -2.47. The molecule has 7 nitrogen and oxygen atoms in total. The predicted molar refractivity (Wildman–Crippen MR) is 94.3 cm³/mol. The van der Waals surface area contributed by atoms with Crippen LogP contribution in [0.4, 0.5) is 0 Å². The van der Waals surface area contributed by atoms with Gasteiger partial charge in [0.2, 0.25) is 6.29 Å². The SMILES string of the molecule is C=C(C)C(=O)OC(C)C(=O)OC(CC)OC12CC3CC(C1)OC(=O)C(C3)C2. The lowest BCUT2D eigenvalue weighted by molar-refractivity contribution is -0.240. The molecule has 150 valence electrons. The van der Waals surface area contributed by atoms with E-state index in [-0.39, 0.29) is 23.6 Å². The van der Waals surface area contributed by atoms with Gasteiger partial charge in [-0.2, -0.15) is 0 Å². The van der Waals surface area contributed by atoms with Gasteiger partial charge in [0.15, 0.2) is 6.10 Å². The minimum atomic E-state index is -1.05. The Balaban J connectivity index is 1.63. The highest BCUT2D eigenvalue weighted by Gasteiger charge is 2.54. The first-order valence-electron chi connectivity index (χ1n) is 9.66. The molecule has 0 radical (unpaired) electrons. The molecular formula is C20H28O7. The summed E-state index contributed by atoms with van der Waals surface area (Å²) in [5.74, 6) is -1.16. The van der Waals surface area contributed by atoms with Crippen LogP contribution in [0.3, 0.4) is 0 Å². The zero-order valence-corrected chi connectivity index (χ0v) is 16.2. The van der Waals surface area contributed by atoms with Crippen LogP contribution in [0, 0.1) is 11.8 Å². The van der Waals surface area contributed by atoms with Gasteiger partial charge in [0, 0.05) is 18.4 Å².